The summed E-state index contributed by atoms with van der Waals surface area (Å²) in [5.41, 5.74) is 13.5. The summed E-state index contributed by atoms with van der Waals surface area (Å²) in [5.74, 6) is 0. The molecule has 0 aromatic rings. The second-order valence-electron chi connectivity index (χ2n) is 0.0894. The smallest absolute Gasteiger partial charge is 0.0683 e. The molecule has 0 aliphatic rings. The van der Waals surface area contributed by atoms with Crippen molar-refractivity contribution in [2.24, 2.45) is 0 Å². The molecular formula is C2H6N3-. The van der Waals surface area contributed by atoms with Gasteiger partial charge in [0.05, 0.1) is 0 Å². The van der Waals surface area contributed by atoms with Gasteiger partial charge in [-0.15, -0.1) is 0 Å². The fourth-order valence-electron chi connectivity index (χ4n) is 0. The topological polar surface area (TPSA) is 58.7 Å². The van der Waals surface area contributed by atoms with Crippen molar-refractivity contribution in [1.29, 1.82) is 0 Å². The van der Waals surface area contributed by atoms with Gasteiger partial charge in [-0.3, -0.25) is 4.91 Å². The summed E-state index contributed by atoms with van der Waals surface area (Å²) >= 11 is 0. The molecule has 0 saturated carbocycles. The van der Waals surface area contributed by atoms with Gasteiger partial charge in [0.25, 0.3) is 0 Å². The van der Waals surface area contributed by atoms with Crippen molar-refractivity contribution in [3.05, 3.63) is 16.0 Å². The van der Waals surface area contributed by atoms with Crippen LogP contribution in [-0.2, 0) is 0 Å². The summed E-state index contributed by atoms with van der Waals surface area (Å²) in [6, 6.07) is 0. The van der Waals surface area contributed by atoms with E-state index in [1.54, 1.807) is 0 Å². The maximum atomic E-state index is 6.75. The van der Waals surface area contributed by atoms with E-state index in [-0.39, 0.29) is 0 Å². The van der Waals surface area contributed by atoms with Gasteiger partial charge in [-0.1, -0.05) is 13.8 Å². The number of hydrogen-bond donors (Lipinski definition) is 0. The van der Waals surface area contributed by atoms with Gasteiger partial charge in [0.1, 0.15) is 0 Å². The van der Waals surface area contributed by atoms with Crippen molar-refractivity contribution >= 4 is 0 Å². The molecule has 0 N–H and O–H groups in total. The zero-order valence-electron chi connectivity index (χ0n) is 3.34. The van der Waals surface area contributed by atoms with Crippen LogP contribution in [0.3, 0.4) is 0 Å². The van der Waals surface area contributed by atoms with Crippen molar-refractivity contribution in [3.63, 3.8) is 0 Å². The van der Waals surface area contributed by atoms with E-state index >= 15 is 0 Å². The summed E-state index contributed by atoms with van der Waals surface area (Å²) < 4.78 is 0. The van der Waals surface area contributed by atoms with Gasteiger partial charge < -0.3 is 11.1 Å². The maximum absolute atomic E-state index is 6.75. The summed E-state index contributed by atoms with van der Waals surface area (Å²) in [7, 11) is 0. The van der Waals surface area contributed by atoms with Crippen LogP contribution in [0.25, 0.3) is 16.0 Å². The van der Waals surface area contributed by atoms with E-state index < -0.39 is 0 Å². The van der Waals surface area contributed by atoms with Crippen LogP contribution in [0.2, 0.25) is 0 Å². The lowest BCUT2D eigenvalue weighted by molar-refractivity contribution is 1.50. The number of nitrogens with zero attached hydrogens (tertiary/aromatic N) is 3. The Morgan fingerprint density at radius 1 is 1.20 bits per heavy atom. The highest BCUT2D eigenvalue weighted by Gasteiger charge is 0.932. The first kappa shape index (κ1) is 8.85. The lowest BCUT2D eigenvalue weighted by Gasteiger charge is -1.31. The molecule has 0 radical (unpaired) electrons. The Bertz CT molecular complexity index is 25.9. The van der Waals surface area contributed by atoms with Crippen LogP contribution in [0.5, 0.6) is 0 Å². The van der Waals surface area contributed by atoms with Crippen LogP contribution in [0.15, 0.2) is 0 Å². The Morgan fingerprint density at radius 3 is 1.20 bits per heavy atom. The van der Waals surface area contributed by atoms with Crippen molar-refractivity contribution in [3.8, 4) is 0 Å². The molecule has 0 fully saturated rings. The summed E-state index contributed by atoms with van der Waals surface area (Å²) in [5, 5.41) is 0. The standard InChI is InChI=1S/C2H6.N3/c1-2;1-3-2/h1-2H3;/q;-1. The highest BCUT2D eigenvalue weighted by molar-refractivity contribution is 4.36. The summed E-state index contributed by atoms with van der Waals surface area (Å²) in [4.78, 5) is 1.50. The third-order valence-electron chi connectivity index (χ3n) is 0. The molecule has 0 atom stereocenters. The molecule has 0 aliphatic heterocycles. The first-order valence-corrected chi connectivity index (χ1v) is 1.40. The molecule has 5 heavy (non-hydrogen) atoms. The van der Waals surface area contributed by atoms with Crippen molar-refractivity contribution < 1.29 is 0 Å². The average Bonchev–Trinajstić information content (AvgIpc) is 1.46. The predicted molar refractivity (Wildman–Crippen MR) is 21.4 cm³/mol. The highest BCUT2D eigenvalue weighted by Crippen LogP contribution is 1.29. The third kappa shape index (κ3) is 11.9. The van der Waals surface area contributed by atoms with Gasteiger partial charge in [-0.25, -0.2) is 0 Å². The predicted octanol–water partition coefficient (Wildman–Crippen LogP) is 1.89. The highest BCUT2D eigenvalue weighted by atomic mass is 15.0. The molecule has 0 unspecified atom stereocenters. The summed E-state index contributed by atoms with van der Waals surface area (Å²) in [6.07, 6.45) is 0. The molecule has 0 heterocycles. The number of rotatable bonds is 0. The van der Waals surface area contributed by atoms with Gasteiger partial charge >= 0.3 is 0 Å². The minimum atomic E-state index is 1.50. The minimum Gasteiger partial charge on any atom is -0.373 e. The van der Waals surface area contributed by atoms with Crippen LogP contribution < -0.4 is 0 Å². The fraction of sp³-hybridized carbons (Fsp3) is 1.00. The third-order valence-corrected chi connectivity index (χ3v) is 0. The van der Waals surface area contributed by atoms with E-state index in [4.69, 9.17) is 11.1 Å². The zero-order valence-corrected chi connectivity index (χ0v) is 3.34. The van der Waals surface area contributed by atoms with E-state index in [0.29, 0.717) is 0 Å². The van der Waals surface area contributed by atoms with Gasteiger partial charge in [-0.2, -0.15) is 0 Å². The Morgan fingerprint density at radius 2 is 1.20 bits per heavy atom. The molecule has 0 rings (SSSR count). The molecule has 30 valence electrons. The van der Waals surface area contributed by atoms with Crippen molar-refractivity contribution in [2.75, 3.05) is 0 Å². The molecule has 0 saturated heterocycles. The van der Waals surface area contributed by atoms with Crippen molar-refractivity contribution in [2.45, 2.75) is 13.8 Å². The Kier molecular flexibility index (Phi) is 325. The van der Waals surface area contributed by atoms with Crippen LogP contribution >= 0.6 is 0 Å². The van der Waals surface area contributed by atoms with Crippen LogP contribution in [0, 0.1) is 0 Å². The van der Waals surface area contributed by atoms with Gasteiger partial charge in [0.2, 0.25) is 0 Å². The van der Waals surface area contributed by atoms with E-state index in [1.165, 1.54) is 4.91 Å². The van der Waals surface area contributed by atoms with E-state index in [2.05, 4.69) is 0 Å². The molecule has 0 bridgehead atoms. The summed E-state index contributed by atoms with van der Waals surface area (Å²) in [6.45, 7) is 4.00. The van der Waals surface area contributed by atoms with Gasteiger partial charge in [0, 0.05) is 0 Å². The molecule has 0 spiro atoms. The molecule has 3 heteroatoms. The molecule has 0 aromatic carbocycles. The maximum Gasteiger partial charge on any atom is -0.0683 e. The monoisotopic (exact) mass is 72.1 g/mol. The normalized spacial score (nSPS) is 2.80. The quantitative estimate of drug-likeness (QED) is 0.238. The SMILES string of the molecule is CC.[N-]=[N+]=[N-]. The molecule has 0 aromatic heterocycles. The molecule has 0 aliphatic carbocycles. The van der Waals surface area contributed by atoms with Crippen LogP contribution in [0.1, 0.15) is 13.8 Å². The number of hydrogen-bond acceptors (Lipinski definition) is 0. The first-order chi connectivity index (χ1) is 2.41. The molecule has 3 nitrogen and oxygen atoms in total. The van der Waals surface area contributed by atoms with E-state index in [1.807, 2.05) is 13.8 Å². The van der Waals surface area contributed by atoms with Crippen LogP contribution in [0.4, 0.5) is 0 Å². The zero-order chi connectivity index (χ0) is 4.71. The van der Waals surface area contributed by atoms with Gasteiger partial charge in [-0.05, 0) is 0 Å². The fourth-order valence-corrected chi connectivity index (χ4v) is 0. The van der Waals surface area contributed by atoms with Crippen molar-refractivity contribution in [1.82, 2.24) is 0 Å². The largest absolute Gasteiger partial charge is 0.373 e. The van der Waals surface area contributed by atoms with Crippen LogP contribution in [-0.4, -0.2) is 0 Å². The lowest BCUT2D eigenvalue weighted by Crippen LogP contribution is -0.856. The molecular weight excluding hydrogens is 66.0 g/mol. The van der Waals surface area contributed by atoms with E-state index in [9.17, 15) is 0 Å². The average molecular weight is 72.1 g/mol. The minimum absolute atomic E-state index is 1.50. The van der Waals surface area contributed by atoms with E-state index in [0.717, 1.165) is 0 Å². The second kappa shape index (κ2) is 184. The Labute approximate surface area is 31.0 Å². The molecule has 0 amide bonds. The first-order valence-electron chi connectivity index (χ1n) is 1.40. The second-order valence-corrected chi connectivity index (χ2v) is 0.0894. The Balaban J connectivity index is 0. The van der Waals surface area contributed by atoms with Gasteiger partial charge in [0.15, 0.2) is 0 Å². The lowest BCUT2D eigenvalue weighted by atomic mass is 11.0. The Hall–Kier alpha value is -0.690.